The maximum Gasteiger partial charge on any atom is 0.337 e. The van der Waals surface area contributed by atoms with Crippen molar-refractivity contribution in [1.29, 1.82) is 0 Å². The molecule has 3 aromatic carbocycles. The highest BCUT2D eigenvalue weighted by atomic mass is 35.5. The number of esters is 1. The molecule has 1 atom stereocenters. The highest BCUT2D eigenvalue weighted by Gasteiger charge is 2.38. The number of rotatable bonds is 7. The molecule has 1 aliphatic heterocycles. The number of phenols is 1. The Balaban J connectivity index is 1.67. The van der Waals surface area contributed by atoms with Gasteiger partial charge in [-0.1, -0.05) is 84.0 Å². The minimum atomic E-state index is -0.827. The first kappa shape index (κ1) is 25.6. The number of phenolic OH excluding ortho intramolecular Hbond substituents is 1. The molecule has 1 unspecified atom stereocenters. The van der Waals surface area contributed by atoms with Crippen LogP contribution in [0.3, 0.4) is 0 Å². The van der Waals surface area contributed by atoms with Gasteiger partial charge in [0.25, 0.3) is 5.56 Å². The lowest BCUT2D eigenvalue weighted by Crippen LogP contribution is -2.31. The molecule has 0 bridgehead atoms. The van der Waals surface area contributed by atoms with Crippen molar-refractivity contribution in [2.24, 2.45) is 0 Å². The molecule has 0 saturated carbocycles. The van der Waals surface area contributed by atoms with E-state index in [2.05, 4.69) is 10.3 Å². The van der Waals surface area contributed by atoms with E-state index < -0.39 is 17.4 Å². The summed E-state index contributed by atoms with van der Waals surface area (Å²) in [6, 6.07) is 23.4. The van der Waals surface area contributed by atoms with Crippen molar-refractivity contribution < 1.29 is 14.6 Å². The Kier molecular flexibility index (Phi) is 7.53. The molecule has 0 spiro atoms. The lowest BCUT2D eigenvalue weighted by Gasteiger charge is -2.30. The normalized spacial score (nSPS) is 14.5. The van der Waals surface area contributed by atoms with Gasteiger partial charge in [-0.2, -0.15) is 0 Å². The number of benzene rings is 3. The van der Waals surface area contributed by atoms with Gasteiger partial charge >= 0.3 is 5.97 Å². The number of hydrogen-bond acceptors (Lipinski definition) is 7. The number of nitrogens with one attached hydrogen (secondary N) is 2. The number of halogens is 1. The molecule has 0 fully saturated rings. The summed E-state index contributed by atoms with van der Waals surface area (Å²) in [7, 11) is 0. The fourth-order valence-electron chi connectivity index (χ4n) is 4.43. The Bertz CT molecular complexity index is 1590. The van der Waals surface area contributed by atoms with Crippen LogP contribution in [0.1, 0.15) is 35.1 Å². The van der Waals surface area contributed by atoms with Crippen LogP contribution in [0.5, 0.6) is 5.75 Å². The smallest absolute Gasteiger partial charge is 0.337 e. The van der Waals surface area contributed by atoms with Crippen molar-refractivity contribution in [3.05, 3.63) is 122 Å². The third-order valence-electron chi connectivity index (χ3n) is 6.11. The summed E-state index contributed by atoms with van der Waals surface area (Å²) >= 11 is 7.65. The summed E-state index contributed by atoms with van der Waals surface area (Å²) in [5.41, 5.74) is 2.84. The summed E-state index contributed by atoms with van der Waals surface area (Å²) in [6.07, 6.45) is 0. The molecule has 192 valence electrons. The van der Waals surface area contributed by atoms with Crippen LogP contribution in [-0.4, -0.2) is 27.7 Å². The van der Waals surface area contributed by atoms with Crippen molar-refractivity contribution in [2.75, 3.05) is 11.9 Å². The van der Waals surface area contributed by atoms with Gasteiger partial charge in [0.2, 0.25) is 0 Å². The van der Waals surface area contributed by atoms with Gasteiger partial charge < -0.3 is 20.1 Å². The van der Waals surface area contributed by atoms with E-state index in [9.17, 15) is 14.7 Å². The summed E-state index contributed by atoms with van der Waals surface area (Å²) in [5.74, 6) is -0.535. The van der Waals surface area contributed by atoms with Gasteiger partial charge in [0.1, 0.15) is 11.6 Å². The number of H-pyrrole nitrogens is 1. The Morgan fingerprint density at radius 3 is 2.58 bits per heavy atom. The molecule has 4 aromatic rings. The first-order valence-corrected chi connectivity index (χ1v) is 13.4. The van der Waals surface area contributed by atoms with E-state index >= 15 is 0 Å². The zero-order valence-electron chi connectivity index (χ0n) is 20.4. The van der Waals surface area contributed by atoms with Crippen molar-refractivity contribution in [3.63, 3.8) is 0 Å². The van der Waals surface area contributed by atoms with Crippen LogP contribution in [0.25, 0.3) is 5.70 Å². The highest BCUT2D eigenvalue weighted by molar-refractivity contribution is 7.98. The summed E-state index contributed by atoms with van der Waals surface area (Å²) < 4.78 is 5.44. The number of aromatic amines is 1. The van der Waals surface area contributed by atoms with Gasteiger partial charge in [0.05, 0.1) is 29.4 Å². The third kappa shape index (κ3) is 5.18. The lowest BCUT2D eigenvalue weighted by atomic mass is 9.81. The first-order chi connectivity index (χ1) is 18.5. The van der Waals surface area contributed by atoms with Crippen LogP contribution < -0.4 is 10.9 Å². The van der Waals surface area contributed by atoms with Crippen molar-refractivity contribution >= 4 is 40.8 Å². The number of fused-ring (bicyclic) bond motifs is 1. The lowest BCUT2D eigenvalue weighted by molar-refractivity contribution is -0.138. The number of hydrogen-bond donors (Lipinski definition) is 3. The number of anilines is 1. The number of aromatic nitrogens is 2. The molecule has 38 heavy (non-hydrogen) atoms. The number of aromatic hydroxyl groups is 1. The van der Waals surface area contributed by atoms with E-state index in [4.69, 9.17) is 21.3 Å². The van der Waals surface area contributed by atoms with Crippen molar-refractivity contribution in [2.45, 2.75) is 23.8 Å². The zero-order chi connectivity index (χ0) is 26.6. The van der Waals surface area contributed by atoms with Crippen LogP contribution in [0.15, 0.2) is 94.4 Å². The van der Waals surface area contributed by atoms with E-state index in [1.165, 1.54) is 17.8 Å². The Hall–Kier alpha value is -4.01. The third-order valence-corrected chi connectivity index (χ3v) is 7.40. The van der Waals surface area contributed by atoms with Gasteiger partial charge in [-0.25, -0.2) is 9.78 Å². The summed E-state index contributed by atoms with van der Waals surface area (Å²) in [5, 5.41) is 14.5. The van der Waals surface area contributed by atoms with Crippen molar-refractivity contribution in [3.8, 4) is 5.75 Å². The van der Waals surface area contributed by atoms with Crippen LogP contribution >= 0.6 is 23.4 Å². The largest absolute Gasteiger partial charge is 0.508 e. The fraction of sp³-hybridized carbons (Fsp3) is 0.138. The van der Waals surface area contributed by atoms with Gasteiger partial charge in [-0.15, -0.1) is 0 Å². The molecular formula is C29H24ClN3O4S. The number of carbonyl (C=O) groups excluding carboxylic acids is 1. The molecule has 0 amide bonds. The van der Waals surface area contributed by atoms with Crippen LogP contribution in [0.2, 0.25) is 5.02 Å². The van der Waals surface area contributed by atoms with Crippen LogP contribution in [-0.2, 0) is 15.3 Å². The molecule has 0 aliphatic carbocycles. The second kappa shape index (κ2) is 11.2. The van der Waals surface area contributed by atoms with Gasteiger partial charge in [0, 0.05) is 10.8 Å². The topological polar surface area (TPSA) is 104 Å². The molecule has 1 aromatic heterocycles. The molecule has 1 aliphatic rings. The second-order valence-corrected chi connectivity index (χ2v) is 9.91. The zero-order valence-corrected chi connectivity index (χ0v) is 22.0. The highest BCUT2D eigenvalue weighted by Crippen LogP contribution is 2.43. The Morgan fingerprint density at radius 1 is 1.08 bits per heavy atom. The van der Waals surface area contributed by atoms with E-state index in [-0.39, 0.29) is 23.5 Å². The molecule has 7 nitrogen and oxygen atoms in total. The van der Waals surface area contributed by atoms with Gasteiger partial charge in [-0.05, 0) is 41.8 Å². The number of nitrogens with zero attached hydrogens (tertiary/aromatic N) is 1. The average Bonchev–Trinajstić information content (AvgIpc) is 2.92. The van der Waals surface area contributed by atoms with E-state index in [0.717, 1.165) is 11.1 Å². The summed E-state index contributed by atoms with van der Waals surface area (Å²) in [4.78, 5) is 34.6. The van der Waals surface area contributed by atoms with Crippen LogP contribution in [0, 0.1) is 0 Å². The standard InChI is InChI=1S/C29H24ClN3O4S/c1-2-37-28(36)23-22(18-12-8-13-20(34)15-18)24-26(31-25(23)17-9-4-3-5-10-17)32-29(33-27(24)35)38-16-19-11-6-7-14-21(19)30/h3-15,22,34H,2,16H2,1H3,(H2,31,32,33,35). The maximum absolute atomic E-state index is 13.6. The SMILES string of the molecule is CCOC(=O)C1=C(c2ccccc2)Nc2nc(SCc3ccccc3Cl)[nH]c(=O)c2C1c1cccc(O)c1. The van der Waals surface area contributed by atoms with Gasteiger partial charge in [-0.3, -0.25) is 4.79 Å². The predicted molar refractivity (Wildman–Crippen MR) is 149 cm³/mol. The van der Waals surface area contributed by atoms with Crippen molar-refractivity contribution in [1.82, 2.24) is 9.97 Å². The molecule has 5 rings (SSSR count). The minimum absolute atomic E-state index is 0.0170. The molecule has 0 saturated heterocycles. The van der Waals surface area contributed by atoms with E-state index in [0.29, 0.717) is 33.0 Å². The van der Waals surface area contributed by atoms with E-state index in [1.807, 2.05) is 54.6 Å². The number of ether oxygens (including phenoxy) is 1. The Morgan fingerprint density at radius 2 is 1.84 bits per heavy atom. The minimum Gasteiger partial charge on any atom is -0.508 e. The molecule has 3 N–H and O–H groups in total. The maximum atomic E-state index is 13.6. The second-order valence-electron chi connectivity index (χ2n) is 8.54. The monoisotopic (exact) mass is 545 g/mol. The van der Waals surface area contributed by atoms with Crippen LogP contribution in [0.4, 0.5) is 5.82 Å². The molecular weight excluding hydrogens is 522 g/mol. The molecule has 0 radical (unpaired) electrons. The quantitative estimate of drug-likeness (QED) is 0.150. The van der Waals surface area contributed by atoms with Gasteiger partial charge in [0.15, 0.2) is 5.16 Å². The predicted octanol–water partition coefficient (Wildman–Crippen LogP) is 5.95. The van der Waals surface area contributed by atoms with E-state index in [1.54, 1.807) is 25.1 Å². The Labute approximate surface area is 228 Å². The number of thioether (sulfide) groups is 1. The average molecular weight is 546 g/mol. The number of carbonyl (C=O) groups is 1. The summed E-state index contributed by atoms with van der Waals surface area (Å²) in [6.45, 7) is 1.89. The fourth-order valence-corrected chi connectivity index (χ4v) is 5.57. The molecule has 9 heteroatoms. The molecule has 2 heterocycles. The first-order valence-electron chi connectivity index (χ1n) is 12.0.